The number of hydrogen-bond donors (Lipinski definition) is 1. The van der Waals surface area contributed by atoms with Gasteiger partial charge in [0.25, 0.3) is 0 Å². The lowest BCUT2D eigenvalue weighted by Crippen LogP contribution is -2.40. The van der Waals surface area contributed by atoms with Crippen LogP contribution in [0.25, 0.3) is 0 Å². The predicted octanol–water partition coefficient (Wildman–Crippen LogP) is 4.33. The molecule has 0 saturated heterocycles. The smallest absolute Gasteiger partial charge is 0.240 e. The van der Waals surface area contributed by atoms with Crippen LogP contribution >= 0.6 is 23.4 Å². The van der Waals surface area contributed by atoms with Crippen molar-refractivity contribution in [2.45, 2.75) is 25.5 Å². The van der Waals surface area contributed by atoms with E-state index < -0.39 is 10.0 Å². The molecule has 0 aliphatic heterocycles. The van der Waals surface area contributed by atoms with Crippen LogP contribution in [0.2, 0.25) is 5.02 Å². The number of carbonyl (C=O) groups is 1. The summed E-state index contributed by atoms with van der Waals surface area (Å²) in [5.41, 5.74) is 1.63. The minimum atomic E-state index is -3.60. The van der Waals surface area contributed by atoms with Gasteiger partial charge in [0.15, 0.2) is 0 Å². The average molecular weight is 485 g/mol. The molecule has 0 radical (unpaired) electrons. The molecule has 1 amide bonds. The second kappa shape index (κ2) is 12.8. The predicted molar refractivity (Wildman–Crippen MR) is 130 cm³/mol. The van der Waals surface area contributed by atoms with Crippen LogP contribution in [0, 0.1) is 0 Å². The summed E-state index contributed by atoms with van der Waals surface area (Å²) in [5.74, 6) is 2.10. The number of nitrogens with one attached hydrogen (secondary N) is 1. The zero-order valence-corrected chi connectivity index (χ0v) is 20.2. The zero-order chi connectivity index (χ0) is 22.7. The van der Waals surface area contributed by atoms with Gasteiger partial charge < -0.3 is 10.1 Å². The summed E-state index contributed by atoms with van der Waals surface area (Å²) < 4.78 is 31.0. The third-order valence-electron chi connectivity index (χ3n) is 4.25. The lowest BCUT2D eigenvalue weighted by atomic mass is 10.2. The molecule has 0 aliphatic carbocycles. The van der Waals surface area contributed by atoms with Gasteiger partial charge in [0, 0.05) is 17.3 Å². The van der Waals surface area contributed by atoms with E-state index in [-0.39, 0.29) is 12.5 Å². The van der Waals surface area contributed by atoms with Gasteiger partial charge in [0.2, 0.25) is 15.9 Å². The monoisotopic (exact) mass is 484 g/mol. The number of nitrogens with zero attached hydrogens (tertiary/aromatic N) is 1. The summed E-state index contributed by atoms with van der Waals surface area (Å²) in [6.07, 6.45) is 2.78. The fraction of sp³-hybridized carbons (Fsp3) is 0.409. The number of benzene rings is 2. The van der Waals surface area contributed by atoms with Crippen LogP contribution < -0.4 is 14.4 Å². The van der Waals surface area contributed by atoms with Crippen molar-refractivity contribution in [2.24, 2.45) is 0 Å². The van der Waals surface area contributed by atoms with E-state index in [1.54, 1.807) is 36.0 Å². The van der Waals surface area contributed by atoms with Crippen LogP contribution in [-0.2, 0) is 20.6 Å². The molecule has 9 heteroatoms. The van der Waals surface area contributed by atoms with Gasteiger partial charge >= 0.3 is 0 Å². The number of carbonyl (C=O) groups excluding carboxylic acids is 1. The molecule has 2 aromatic rings. The number of sulfonamides is 1. The summed E-state index contributed by atoms with van der Waals surface area (Å²) in [6.45, 7) is 2.84. The van der Waals surface area contributed by atoms with Crippen molar-refractivity contribution in [1.29, 1.82) is 0 Å². The normalized spacial score (nSPS) is 11.2. The molecule has 0 saturated carbocycles. The zero-order valence-electron chi connectivity index (χ0n) is 17.8. The Hall–Kier alpha value is -1.90. The first-order chi connectivity index (χ1) is 14.8. The van der Waals surface area contributed by atoms with Crippen molar-refractivity contribution < 1.29 is 17.9 Å². The van der Waals surface area contributed by atoms with Gasteiger partial charge in [-0.1, -0.05) is 30.7 Å². The number of halogens is 1. The molecule has 0 fully saturated rings. The van der Waals surface area contributed by atoms with Gasteiger partial charge in [-0.25, -0.2) is 8.42 Å². The molecule has 1 N–H and O–H groups in total. The number of thioether (sulfide) groups is 1. The fourth-order valence-corrected chi connectivity index (χ4v) is 4.59. The van der Waals surface area contributed by atoms with E-state index in [9.17, 15) is 13.2 Å². The Balaban J connectivity index is 1.77. The summed E-state index contributed by atoms with van der Waals surface area (Å²) in [6, 6.07) is 14.4. The van der Waals surface area contributed by atoms with E-state index >= 15 is 0 Å². The molecule has 0 aliphatic rings. The fourth-order valence-electron chi connectivity index (χ4n) is 2.69. The number of amides is 1. The van der Waals surface area contributed by atoms with Gasteiger partial charge in [0.1, 0.15) is 12.3 Å². The van der Waals surface area contributed by atoms with Crippen LogP contribution in [-0.4, -0.2) is 46.0 Å². The van der Waals surface area contributed by atoms with Crippen molar-refractivity contribution in [1.82, 2.24) is 5.32 Å². The highest BCUT2D eigenvalue weighted by molar-refractivity contribution is 7.98. The highest BCUT2D eigenvalue weighted by atomic mass is 35.5. The molecule has 0 spiro atoms. The maximum atomic E-state index is 12.3. The molecule has 31 heavy (non-hydrogen) atoms. The Morgan fingerprint density at radius 2 is 1.81 bits per heavy atom. The van der Waals surface area contributed by atoms with Crippen LogP contribution in [0.3, 0.4) is 0 Å². The van der Waals surface area contributed by atoms with Crippen molar-refractivity contribution >= 4 is 45.0 Å². The molecule has 170 valence electrons. The molecule has 2 rings (SSSR count). The SMILES string of the molecule is CCCOc1ccc(N(CC(=O)NCCCSCc2ccc(Cl)cc2)S(C)(=O)=O)cc1. The third-order valence-corrected chi connectivity index (χ3v) is 6.76. The van der Waals surface area contributed by atoms with Crippen molar-refractivity contribution in [3.8, 4) is 5.75 Å². The molecular formula is C22H29ClN2O4S2. The highest BCUT2D eigenvalue weighted by Crippen LogP contribution is 2.21. The van der Waals surface area contributed by atoms with Crippen LogP contribution in [0.5, 0.6) is 5.75 Å². The van der Waals surface area contributed by atoms with Gasteiger partial charge in [0.05, 0.1) is 18.6 Å². The molecule has 0 aromatic heterocycles. The Bertz CT molecular complexity index is 920. The second-order valence-corrected chi connectivity index (χ2v) is 10.4. The average Bonchev–Trinajstić information content (AvgIpc) is 2.74. The lowest BCUT2D eigenvalue weighted by molar-refractivity contribution is -0.119. The maximum Gasteiger partial charge on any atom is 0.240 e. The van der Waals surface area contributed by atoms with Crippen molar-refractivity contribution in [3.05, 3.63) is 59.1 Å². The summed E-state index contributed by atoms with van der Waals surface area (Å²) >= 11 is 7.65. The number of anilines is 1. The van der Waals surface area contributed by atoms with E-state index in [2.05, 4.69) is 5.32 Å². The Labute approximate surface area is 194 Å². The molecule has 0 bridgehead atoms. The van der Waals surface area contributed by atoms with E-state index in [0.29, 0.717) is 24.6 Å². The Morgan fingerprint density at radius 3 is 2.42 bits per heavy atom. The molecular weight excluding hydrogens is 456 g/mol. The van der Waals surface area contributed by atoms with E-state index in [1.807, 2.05) is 31.2 Å². The first kappa shape index (κ1) is 25.4. The third kappa shape index (κ3) is 9.41. The number of ether oxygens (including phenoxy) is 1. The standard InChI is InChI=1S/C22H29ClN2O4S2/c1-3-14-29-21-11-9-20(10-12-21)25(31(2,27)28)16-22(26)24-13-4-15-30-17-18-5-7-19(23)8-6-18/h5-12H,3-4,13-17H2,1-2H3,(H,24,26). The summed E-state index contributed by atoms with van der Waals surface area (Å²) in [5, 5.41) is 3.52. The minimum Gasteiger partial charge on any atom is -0.494 e. The molecule has 2 aromatic carbocycles. The first-order valence-corrected chi connectivity index (χ1v) is 13.5. The summed E-state index contributed by atoms with van der Waals surface area (Å²) in [4.78, 5) is 12.3. The quantitative estimate of drug-likeness (QED) is 0.428. The van der Waals surface area contributed by atoms with Crippen molar-refractivity contribution in [3.63, 3.8) is 0 Å². The number of rotatable bonds is 13. The summed E-state index contributed by atoms with van der Waals surface area (Å²) in [7, 11) is -3.60. The van der Waals surface area contributed by atoms with E-state index in [0.717, 1.165) is 39.9 Å². The molecule has 6 nitrogen and oxygen atoms in total. The minimum absolute atomic E-state index is 0.258. The molecule has 0 atom stereocenters. The van der Waals surface area contributed by atoms with Crippen LogP contribution in [0.4, 0.5) is 5.69 Å². The first-order valence-electron chi connectivity index (χ1n) is 10.1. The maximum absolute atomic E-state index is 12.3. The van der Waals surface area contributed by atoms with Gasteiger partial charge in [-0.15, -0.1) is 0 Å². The van der Waals surface area contributed by atoms with Gasteiger partial charge in [-0.2, -0.15) is 11.8 Å². The van der Waals surface area contributed by atoms with Crippen molar-refractivity contribution in [2.75, 3.05) is 36.0 Å². The van der Waals surface area contributed by atoms with Gasteiger partial charge in [-0.3, -0.25) is 9.10 Å². The Kier molecular flexibility index (Phi) is 10.5. The second-order valence-electron chi connectivity index (χ2n) is 6.99. The highest BCUT2D eigenvalue weighted by Gasteiger charge is 2.20. The van der Waals surface area contributed by atoms with Gasteiger partial charge in [-0.05, 0) is 60.6 Å². The number of hydrogen-bond acceptors (Lipinski definition) is 5. The topological polar surface area (TPSA) is 75.7 Å². The lowest BCUT2D eigenvalue weighted by Gasteiger charge is -2.22. The van der Waals surface area contributed by atoms with E-state index in [1.165, 1.54) is 5.56 Å². The largest absolute Gasteiger partial charge is 0.494 e. The van der Waals surface area contributed by atoms with Crippen LogP contribution in [0.15, 0.2) is 48.5 Å². The molecule has 0 unspecified atom stereocenters. The van der Waals surface area contributed by atoms with Crippen LogP contribution in [0.1, 0.15) is 25.3 Å². The molecule has 0 heterocycles. The van der Waals surface area contributed by atoms with E-state index in [4.69, 9.17) is 16.3 Å². The Morgan fingerprint density at radius 1 is 1.13 bits per heavy atom.